The third-order valence-electron chi connectivity index (χ3n) is 2.22. The molecule has 0 unspecified atom stereocenters. The lowest BCUT2D eigenvalue weighted by molar-refractivity contribution is 0.173. The van der Waals surface area contributed by atoms with Crippen molar-refractivity contribution in [2.24, 2.45) is 0 Å². The summed E-state index contributed by atoms with van der Waals surface area (Å²) >= 11 is 3.15. The van der Waals surface area contributed by atoms with Crippen LogP contribution in [0.25, 0.3) is 0 Å². The van der Waals surface area contributed by atoms with E-state index in [1.54, 1.807) is 0 Å². The van der Waals surface area contributed by atoms with Crippen LogP contribution in [0.3, 0.4) is 0 Å². The smallest absolute Gasteiger partial charge is 0.231 e. The van der Waals surface area contributed by atoms with E-state index >= 15 is 0 Å². The predicted molar refractivity (Wildman–Crippen MR) is 56.1 cm³/mol. The fraction of sp³-hybridized carbons (Fsp3) is 0.400. The van der Waals surface area contributed by atoms with Crippen LogP contribution < -0.4 is 9.47 Å². The molecular weight excluding hydrogens is 267 g/mol. The van der Waals surface area contributed by atoms with Gasteiger partial charge in [-0.1, -0.05) is 0 Å². The Morgan fingerprint density at radius 1 is 1.47 bits per heavy atom. The Labute approximate surface area is 94.9 Å². The zero-order chi connectivity index (χ0) is 11.2. The van der Waals surface area contributed by atoms with Crippen LogP contribution in [0.2, 0.25) is 0 Å². The average Bonchev–Trinajstić information content (AvgIpc) is 2.57. The SMILES string of the molecule is CC(C)(F)c1cc2c(c(Br)c1O)OCO2. The molecule has 1 heterocycles. The number of hydrogen-bond acceptors (Lipinski definition) is 3. The Morgan fingerprint density at radius 3 is 2.73 bits per heavy atom. The maximum atomic E-state index is 13.8. The minimum Gasteiger partial charge on any atom is -0.506 e. The highest BCUT2D eigenvalue weighted by molar-refractivity contribution is 9.10. The van der Waals surface area contributed by atoms with Gasteiger partial charge in [0.2, 0.25) is 6.79 Å². The maximum absolute atomic E-state index is 13.8. The van der Waals surface area contributed by atoms with Crippen molar-refractivity contribution in [2.45, 2.75) is 19.5 Å². The molecule has 1 N–H and O–H groups in total. The van der Waals surface area contributed by atoms with Gasteiger partial charge in [0.05, 0.1) is 0 Å². The zero-order valence-corrected chi connectivity index (χ0v) is 9.89. The molecule has 0 saturated heterocycles. The molecule has 1 aromatic rings. The molecule has 1 aliphatic heterocycles. The second-order valence-electron chi connectivity index (χ2n) is 3.79. The van der Waals surface area contributed by atoms with Crippen LogP contribution in [-0.2, 0) is 5.67 Å². The minimum absolute atomic E-state index is 0.0868. The number of phenolic OH excluding ortho intramolecular Hbond substituents is 1. The molecule has 0 amide bonds. The van der Waals surface area contributed by atoms with E-state index in [-0.39, 0.29) is 18.1 Å². The van der Waals surface area contributed by atoms with Crippen LogP contribution in [0.1, 0.15) is 19.4 Å². The van der Waals surface area contributed by atoms with Crippen molar-refractivity contribution in [3.63, 3.8) is 0 Å². The first-order chi connectivity index (χ1) is 6.91. The van der Waals surface area contributed by atoms with Crippen LogP contribution in [0.15, 0.2) is 10.5 Å². The first-order valence-corrected chi connectivity index (χ1v) is 5.21. The highest BCUT2D eigenvalue weighted by atomic mass is 79.9. The number of hydrogen-bond donors (Lipinski definition) is 1. The van der Waals surface area contributed by atoms with Crippen molar-refractivity contribution >= 4 is 15.9 Å². The summed E-state index contributed by atoms with van der Waals surface area (Å²) in [7, 11) is 0. The van der Waals surface area contributed by atoms with Gasteiger partial charge >= 0.3 is 0 Å². The number of rotatable bonds is 1. The fourth-order valence-electron chi connectivity index (χ4n) is 1.45. The third kappa shape index (κ3) is 1.65. The first-order valence-electron chi connectivity index (χ1n) is 4.41. The Bertz CT molecular complexity index is 412. The van der Waals surface area contributed by atoms with Crippen LogP contribution >= 0.6 is 15.9 Å². The normalized spacial score (nSPS) is 14.4. The number of ether oxygens (including phenoxy) is 2. The van der Waals surface area contributed by atoms with Crippen molar-refractivity contribution in [1.29, 1.82) is 0 Å². The predicted octanol–water partition coefficient (Wildman–Crippen LogP) is 3.09. The van der Waals surface area contributed by atoms with Crippen molar-refractivity contribution in [3.05, 3.63) is 16.1 Å². The van der Waals surface area contributed by atoms with Gasteiger partial charge < -0.3 is 14.6 Å². The van der Waals surface area contributed by atoms with Crippen LogP contribution in [0.5, 0.6) is 17.2 Å². The molecule has 1 aliphatic rings. The van der Waals surface area contributed by atoms with Crippen molar-refractivity contribution in [1.82, 2.24) is 0 Å². The molecule has 3 nitrogen and oxygen atoms in total. The highest BCUT2D eigenvalue weighted by Crippen LogP contribution is 2.49. The molecule has 0 atom stereocenters. The lowest BCUT2D eigenvalue weighted by Crippen LogP contribution is -2.09. The van der Waals surface area contributed by atoms with Crippen LogP contribution in [0.4, 0.5) is 4.39 Å². The fourth-order valence-corrected chi connectivity index (χ4v) is 1.97. The van der Waals surface area contributed by atoms with Gasteiger partial charge in [-0.05, 0) is 35.8 Å². The van der Waals surface area contributed by atoms with E-state index in [2.05, 4.69) is 15.9 Å². The summed E-state index contributed by atoms with van der Waals surface area (Å²) in [6.45, 7) is 2.83. The Morgan fingerprint density at radius 2 is 2.13 bits per heavy atom. The summed E-state index contributed by atoms with van der Waals surface area (Å²) in [5, 5.41) is 9.77. The van der Waals surface area contributed by atoms with E-state index in [0.29, 0.717) is 16.0 Å². The molecule has 0 aliphatic carbocycles. The van der Waals surface area contributed by atoms with E-state index in [9.17, 15) is 9.50 Å². The molecule has 2 rings (SSSR count). The zero-order valence-electron chi connectivity index (χ0n) is 8.30. The van der Waals surface area contributed by atoms with Gasteiger partial charge in [-0.3, -0.25) is 0 Å². The first kappa shape index (κ1) is 10.5. The van der Waals surface area contributed by atoms with Gasteiger partial charge in [0, 0.05) is 5.56 Å². The molecule has 0 aromatic heterocycles. The van der Waals surface area contributed by atoms with Crippen molar-refractivity contribution in [3.8, 4) is 17.2 Å². The van der Waals surface area contributed by atoms with Crippen molar-refractivity contribution < 1.29 is 19.0 Å². The molecule has 82 valence electrons. The summed E-state index contributed by atoms with van der Waals surface area (Å²) < 4.78 is 24.4. The molecule has 5 heteroatoms. The lowest BCUT2D eigenvalue weighted by Gasteiger charge is -2.17. The monoisotopic (exact) mass is 276 g/mol. The Hall–Kier alpha value is -0.970. The van der Waals surface area contributed by atoms with Gasteiger partial charge in [0.1, 0.15) is 15.9 Å². The number of phenols is 1. The second kappa shape index (κ2) is 3.27. The van der Waals surface area contributed by atoms with Gasteiger partial charge in [0.15, 0.2) is 11.5 Å². The summed E-state index contributed by atoms with van der Waals surface area (Å²) in [5.74, 6) is 0.715. The number of benzene rings is 1. The number of fused-ring (bicyclic) bond motifs is 1. The lowest BCUT2D eigenvalue weighted by atomic mass is 9.98. The number of aromatic hydroxyl groups is 1. The second-order valence-corrected chi connectivity index (χ2v) is 4.59. The number of halogens is 2. The Balaban J connectivity index is 2.64. The molecule has 0 bridgehead atoms. The van der Waals surface area contributed by atoms with E-state index in [1.807, 2.05) is 0 Å². The summed E-state index contributed by atoms with van der Waals surface area (Å²) in [5.41, 5.74) is -1.45. The topological polar surface area (TPSA) is 38.7 Å². The third-order valence-corrected chi connectivity index (χ3v) is 2.96. The van der Waals surface area contributed by atoms with Gasteiger partial charge in [-0.25, -0.2) is 4.39 Å². The van der Waals surface area contributed by atoms with Gasteiger partial charge in [0.25, 0.3) is 0 Å². The quantitative estimate of drug-likeness (QED) is 0.857. The van der Waals surface area contributed by atoms with Crippen molar-refractivity contribution in [2.75, 3.05) is 6.79 Å². The molecule has 15 heavy (non-hydrogen) atoms. The molecule has 0 radical (unpaired) electrons. The minimum atomic E-state index is -1.63. The maximum Gasteiger partial charge on any atom is 0.231 e. The van der Waals surface area contributed by atoms with E-state index in [4.69, 9.17) is 9.47 Å². The van der Waals surface area contributed by atoms with Gasteiger partial charge in [-0.2, -0.15) is 0 Å². The Kier molecular flexibility index (Phi) is 2.30. The molecule has 0 fully saturated rings. The van der Waals surface area contributed by atoms with E-state index < -0.39 is 5.67 Å². The summed E-state index contributed by atoms with van der Waals surface area (Å²) in [6.07, 6.45) is 0. The van der Waals surface area contributed by atoms with Crippen LogP contribution in [-0.4, -0.2) is 11.9 Å². The van der Waals surface area contributed by atoms with Crippen LogP contribution in [0, 0.1) is 0 Å². The average molecular weight is 277 g/mol. The highest BCUT2D eigenvalue weighted by Gasteiger charge is 2.30. The summed E-state index contributed by atoms with van der Waals surface area (Å²) in [6, 6.07) is 1.46. The van der Waals surface area contributed by atoms with E-state index in [1.165, 1.54) is 19.9 Å². The molecular formula is C10H10BrFO3. The molecule has 0 saturated carbocycles. The molecule has 0 spiro atoms. The summed E-state index contributed by atoms with van der Waals surface area (Å²) in [4.78, 5) is 0. The molecule has 1 aromatic carbocycles. The standard InChI is InChI=1S/C10H10BrFO3/c1-10(2,12)5-3-6-9(15-4-14-6)7(11)8(5)13/h3,13H,4H2,1-2H3. The van der Waals surface area contributed by atoms with E-state index in [0.717, 1.165) is 0 Å². The largest absolute Gasteiger partial charge is 0.506 e. The number of alkyl halides is 1. The van der Waals surface area contributed by atoms with Gasteiger partial charge in [-0.15, -0.1) is 0 Å².